The summed E-state index contributed by atoms with van der Waals surface area (Å²) in [6, 6.07) is 12.8. The van der Waals surface area contributed by atoms with Gasteiger partial charge in [-0.15, -0.1) is 0 Å². The van der Waals surface area contributed by atoms with Crippen LogP contribution >= 0.6 is 0 Å². The van der Waals surface area contributed by atoms with Crippen LogP contribution in [0.1, 0.15) is 10.5 Å². The van der Waals surface area contributed by atoms with Crippen molar-refractivity contribution in [2.75, 3.05) is 5.32 Å². The lowest BCUT2D eigenvalue weighted by Gasteiger charge is -2.03. The van der Waals surface area contributed by atoms with Gasteiger partial charge >= 0.3 is 0 Å². The third-order valence-corrected chi connectivity index (χ3v) is 3.23. The molecule has 0 spiro atoms. The van der Waals surface area contributed by atoms with E-state index >= 15 is 0 Å². The van der Waals surface area contributed by atoms with E-state index in [-0.39, 0.29) is 17.2 Å². The molecule has 0 bridgehead atoms. The molecule has 0 aliphatic rings. The standard InChI is InChI=1S/C16H11FN4O3/c17-11-4-6-13(7-5-11)20-9-8-15(19-20)16(22)18-12-2-1-3-14(10-12)21(23)24/h1-10H,(H,18,22). The summed E-state index contributed by atoms with van der Waals surface area (Å²) in [4.78, 5) is 22.4. The fraction of sp³-hybridized carbons (Fsp3) is 0. The molecule has 0 unspecified atom stereocenters. The van der Waals surface area contributed by atoms with E-state index in [1.54, 1.807) is 12.3 Å². The van der Waals surface area contributed by atoms with Crippen LogP contribution in [0.4, 0.5) is 15.8 Å². The lowest BCUT2D eigenvalue weighted by atomic mass is 10.2. The number of benzene rings is 2. The zero-order valence-electron chi connectivity index (χ0n) is 12.2. The van der Waals surface area contributed by atoms with Crippen molar-refractivity contribution in [3.63, 3.8) is 0 Å². The van der Waals surface area contributed by atoms with Gasteiger partial charge in [-0.3, -0.25) is 14.9 Å². The Morgan fingerprint density at radius 1 is 1.17 bits per heavy atom. The molecule has 0 fully saturated rings. The second-order valence-electron chi connectivity index (χ2n) is 4.88. The molecule has 3 rings (SSSR count). The van der Waals surface area contributed by atoms with Crippen molar-refractivity contribution >= 4 is 17.3 Å². The van der Waals surface area contributed by atoms with Crippen LogP contribution in [0.25, 0.3) is 5.69 Å². The number of nitro groups is 1. The number of halogens is 1. The van der Waals surface area contributed by atoms with Crippen molar-refractivity contribution in [2.24, 2.45) is 0 Å². The Hall–Kier alpha value is -3.55. The Morgan fingerprint density at radius 2 is 1.92 bits per heavy atom. The number of carbonyl (C=O) groups is 1. The molecule has 3 aromatic rings. The first-order valence-corrected chi connectivity index (χ1v) is 6.90. The molecule has 120 valence electrons. The zero-order valence-corrected chi connectivity index (χ0v) is 12.2. The van der Waals surface area contributed by atoms with Gasteiger partial charge in [0.25, 0.3) is 11.6 Å². The molecule has 0 aliphatic heterocycles. The first-order valence-electron chi connectivity index (χ1n) is 6.90. The van der Waals surface area contributed by atoms with Crippen LogP contribution in [0.5, 0.6) is 0 Å². The van der Waals surface area contributed by atoms with Gasteiger partial charge in [-0.25, -0.2) is 9.07 Å². The number of nitrogens with one attached hydrogen (secondary N) is 1. The molecule has 8 heteroatoms. The first-order chi connectivity index (χ1) is 11.5. The predicted molar refractivity (Wildman–Crippen MR) is 84.6 cm³/mol. The molecule has 1 heterocycles. The van der Waals surface area contributed by atoms with E-state index in [2.05, 4.69) is 10.4 Å². The number of carbonyl (C=O) groups excluding carboxylic acids is 1. The maximum Gasteiger partial charge on any atom is 0.276 e. The van der Waals surface area contributed by atoms with Gasteiger partial charge < -0.3 is 5.32 Å². The Balaban J connectivity index is 1.77. The highest BCUT2D eigenvalue weighted by Crippen LogP contribution is 2.18. The van der Waals surface area contributed by atoms with E-state index in [1.807, 2.05) is 0 Å². The maximum absolute atomic E-state index is 12.9. The number of anilines is 1. The second kappa shape index (κ2) is 6.29. The summed E-state index contributed by atoms with van der Waals surface area (Å²) in [6.07, 6.45) is 1.57. The molecule has 1 aromatic heterocycles. The van der Waals surface area contributed by atoms with Gasteiger partial charge in [-0.05, 0) is 36.4 Å². The van der Waals surface area contributed by atoms with E-state index in [4.69, 9.17) is 0 Å². The van der Waals surface area contributed by atoms with Gasteiger partial charge in [-0.1, -0.05) is 6.07 Å². The van der Waals surface area contributed by atoms with Crippen molar-refractivity contribution in [1.82, 2.24) is 9.78 Å². The lowest BCUT2D eigenvalue weighted by Crippen LogP contribution is -2.13. The Kier molecular flexibility index (Phi) is 4.02. The highest BCUT2D eigenvalue weighted by molar-refractivity contribution is 6.02. The van der Waals surface area contributed by atoms with Crippen molar-refractivity contribution in [1.29, 1.82) is 0 Å². The highest BCUT2D eigenvalue weighted by Gasteiger charge is 2.12. The molecule has 0 saturated carbocycles. The van der Waals surface area contributed by atoms with Crippen LogP contribution in [-0.4, -0.2) is 20.6 Å². The van der Waals surface area contributed by atoms with Gasteiger partial charge in [0.2, 0.25) is 0 Å². The van der Waals surface area contributed by atoms with E-state index in [0.29, 0.717) is 11.4 Å². The molecule has 0 radical (unpaired) electrons. The molecule has 0 saturated heterocycles. The quantitative estimate of drug-likeness (QED) is 0.589. The predicted octanol–water partition coefficient (Wildman–Crippen LogP) is 3.17. The van der Waals surface area contributed by atoms with Gasteiger partial charge in [-0.2, -0.15) is 5.10 Å². The number of non-ortho nitro benzene ring substituents is 1. The molecule has 2 aromatic carbocycles. The highest BCUT2D eigenvalue weighted by atomic mass is 19.1. The van der Waals surface area contributed by atoms with Crippen LogP contribution in [0.2, 0.25) is 0 Å². The van der Waals surface area contributed by atoms with Crippen LogP contribution in [0.3, 0.4) is 0 Å². The van der Waals surface area contributed by atoms with E-state index in [1.165, 1.54) is 53.2 Å². The fourth-order valence-electron chi connectivity index (χ4n) is 2.08. The molecular formula is C16H11FN4O3. The van der Waals surface area contributed by atoms with Gasteiger partial charge in [0.1, 0.15) is 5.82 Å². The largest absolute Gasteiger partial charge is 0.320 e. The SMILES string of the molecule is O=C(Nc1cccc([N+](=O)[O-])c1)c1ccn(-c2ccc(F)cc2)n1. The van der Waals surface area contributed by atoms with Crippen molar-refractivity contribution in [3.05, 3.63) is 82.4 Å². The molecule has 24 heavy (non-hydrogen) atoms. The van der Waals surface area contributed by atoms with Crippen molar-refractivity contribution in [2.45, 2.75) is 0 Å². The summed E-state index contributed by atoms with van der Waals surface area (Å²) < 4.78 is 14.4. The minimum Gasteiger partial charge on any atom is -0.320 e. The van der Waals surface area contributed by atoms with E-state index in [9.17, 15) is 19.3 Å². The molecule has 1 N–H and O–H groups in total. The van der Waals surface area contributed by atoms with Gasteiger partial charge in [0, 0.05) is 24.0 Å². The number of amides is 1. The van der Waals surface area contributed by atoms with Crippen LogP contribution in [0, 0.1) is 15.9 Å². The van der Waals surface area contributed by atoms with Gasteiger partial charge in [0.05, 0.1) is 10.6 Å². The number of hydrogen-bond acceptors (Lipinski definition) is 4. The van der Waals surface area contributed by atoms with Crippen LogP contribution < -0.4 is 5.32 Å². The molecule has 0 aliphatic carbocycles. The Labute approximate surface area is 135 Å². The lowest BCUT2D eigenvalue weighted by molar-refractivity contribution is -0.384. The topological polar surface area (TPSA) is 90.1 Å². The number of hydrogen-bond donors (Lipinski definition) is 1. The summed E-state index contributed by atoms with van der Waals surface area (Å²) in [5.74, 6) is -0.870. The van der Waals surface area contributed by atoms with Crippen LogP contribution in [0.15, 0.2) is 60.8 Å². The van der Waals surface area contributed by atoms with E-state index < -0.39 is 10.8 Å². The monoisotopic (exact) mass is 326 g/mol. The van der Waals surface area contributed by atoms with Crippen molar-refractivity contribution < 1.29 is 14.1 Å². The third kappa shape index (κ3) is 3.27. The molecule has 7 nitrogen and oxygen atoms in total. The first kappa shape index (κ1) is 15.3. The average molecular weight is 326 g/mol. The minimum absolute atomic E-state index is 0.121. The number of nitro benzene ring substituents is 1. The normalized spacial score (nSPS) is 10.4. The van der Waals surface area contributed by atoms with Crippen molar-refractivity contribution in [3.8, 4) is 5.69 Å². The Morgan fingerprint density at radius 3 is 2.62 bits per heavy atom. The summed E-state index contributed by atoms with van der Waals surface area (Å²) in [6.45, 7) is 0. The Bertz CT molecular complexity index is 906. The summed E-state index contributed by atoms with van der Waals surface area (Å²) in [5.41, 5.74) is 0.909. The fourth-order valence-corrected chi connectivity index (χ4v) is 2.08. The zero-order chi connectivity index (χ0) is 17.1. The molecule has 0 atom stereocenters. The summed E-state index contributed by atoms with van der Waals surface area (Å²) in [7, 11) is 0. The van der Waals surface area contributed by atoms with Gasteiger partial charge in [0.15, 0.2) is 5.69 Å². The number of nitrogens with zero attached hydrogens (tertiary/aromatic N) is 3. The summed E-state index contributed by atoms with van der Waals surface area (Å²) >= 11 is 0. The summed E-state index contributed by atoms with van der Waals surface area (Å²) in [5, 5.41) is 17.4. The van der Waals surface area contributed by atoms with Crippen LogP contribution in [-0.2, 0) is 0 Å². The average Bonchev–Trinajstić information content (AvgIpc) is 3.06. The third-order valence-electron chi connectivity index (χ3n) is 3.23. The maximum atomic E-state index is 12.9. The smallest absolute Gasteiger partial charge is 0.276 e. The molecular weight excluding hydrogens is 315 g/mol. The second-order valence-corrected chi connectivity index (χ2v) is 4.88. The minimum atomic E-state index is -0.543. The molecule has 1 amide bonds. The van der Waals surface area contributed by atoms with E-state index in [0.717, 1.165) is 0 Å². The number of aromatic nitrogens is 2. The number of rotatable bonds is 4.